The summed E-state index contributed by atoms with van der Waals surface area (Å²) in [6.07, 6.45) is 1.86. The number of likely N-dealkylation sites (tertiary alicyclic amines) is 1. The molecule has 7 nitrogen and oxygen atoms in total. The smallest absolute Gasteiger partial charge is 0.248 e. The van der Waals surface area contributed by atoms with Gasteiger partial charge in [0.15, 0.2) is 0 Å². The third kappa shape index (κ3) is 3.11. The number of aliphatic hydroxyl groups excluding tert-OH is 1. The summed E-state index contributed by atoms with van der Waals surface area (Å²) in [7, 11) is 1.59. The standard InChI is InChI=1S/C21H26ClN3O4S/c1-20-8-9-21(30-20)15(14(20)17(27)23-2)19(29)25(10-3-11-26)16(21)18(28)24-13-6-4-12(22)5-7-13/h4-7,14-16,26H,3,8-11H2,1-2H3,(H,23,27)(H,24,28)/t14-,15-,16?,20+,21?/m0/s1. The van der Waals surface area contributed by atoms with Crippen molar-refractivity contribution in [2.45, 2.75) is 41.7 Å². The van der Waals surface area contributed by atoms with E-state index >= 15 is 0 Å². The van der Waals surface area contributed by atoms with Gasteiger partial charge in [-0.15, -0.1) is 11.8 Å². The van der Waals surface area contributed by atoms with Crippen molar-refractivity contribution in [2.75, 3.05) is 25.5 Å². The Labute approximate surface area is 184 Å². The van der Waals surface area contributed by atoms with Crippen LogP contribution in [-0.4, -0.2) is 63.5 Å². The first-order chi connectivity index (χ1) is 14.3. The quantitative estimate of drug-likeness (QED) is 0.613. The molecule has 3 aliphatic heterocycles. The highest BCUT2D eigenvalue weighted by molar-refractivity contribution is 8.02. The molecule has 9 heteroatoms. The van der Waals surface area contributed by atoms with Crippen LogP contribution in [0.2, 0.25) is 5.02 Å². The highest BCUT2D eigenvalue weighted by atomic mass is 35.5. The van der Waals surface area contributed by atoms with Gasteiger partial charge in [-0.2, -0.15) is 0 Å². The molecule has 0 aliphatic carbocycles. The Morgan fingerprint density at radius 1 is 1.27 bits per heavy atom. The first-order valence-corrected chi connectivity index (χ1v) is 11.4. The van der Waals surface area contributed by atoms with Crippen molar-refractivity contribution >= 4 is 46.8 Å². The summed E-state index contributed by atoms with van der Waals surface area (Å²) < 4.78 is -1.02. The zero-order valence-electron chi connectivity index (χ0n) is 17.0. The molecule has 4 rings (SSSR count). The van der Waals surface area contributed by atoms with Crippen molar-refractivity contribution in [3.05, 3.63) is 29.3 Å². The normalized spacial score (nSPS) is 34.2. The maximum atomic E-state index is 13.5. The first-order valence-electron chi connectivity index (χ1n) is 10.2. The molecule has 3 saturated heterocycles. The molecule has 2 bridgehead atoms. The molecule has 3 fully saturated rings. The summed E-state index contributed by atoms with van der Waals surface area (Å²) in [6, 6.07) is 6.13. The molecule has 3 heterocycles. The Kier molecular flexibility index (Phi) is 5.53. The molecule has 3 aliphatic rings. The average molecular weight is 452 g/mol. The molecule has 5 atom stereocenters. The lowest BCUT2D eigenvalue weighted by atomic mass is 9.66. The van der Waals surface area contributed by atoms with Crippen LogP contribution in [0, 0.1) is 11.8 Å². The van der Waals surface area contributed by atoms with E-state index in [1.165, 1.54) is 0 Å². The van der Waals surface area contributed by atoms with Crippen LogP contribution in [-0.2, 0) is 14.4 Å². The number of fused-ring (bicyclic) bond motifs is 1. The fraction of sp³-hybridized carbons (Fsp3) is 0.571. The van der Waals surface area contributed by atoms with Gasteiger partial charge in [0, 0.05) is 35.7 Å². The molecular formula is C21H26ClN3O4S. The number of amides is 3. The predicted molar refractivity (Wildman–Crippen MR) is 116 cm³/mol. The number of thioether (sulfide) groups is 1. The maximum Gasteiger partial charge on any atom is 0.248 e. The van der Waals surface area contributed by atoms with Gasteiger partial charge < -0.3 is 20.6 Å². The minimum Gasteiger partial charge on any atom is -0.396 e. The number of hydrogen-bond acceptors (Lipinski definition) is 5. The summed E-state index contributed by atoms with van der Waals surface area (Å²) in [5.74, 6) is -1.59. The third-order valence-corrected chi connectivity index (χ3v) is 8.96. The summed E-state index contributed by atoms with van der Waals surface area (Å²) in [5, 5.41) is 15.5. The lowest BCUT2D eigenvalue weighted by Gasteiger charge is -2.34. The monoisotopic (exact) mass is 451 g/mol. The van der Waals surface area contributed by atoms with Gasteiger partial charge in [0.2, 0.25) is 17.7 Å². The second-order valence-corrected chi connectivity index (χ2v) is 10.8. The molecule has 3 amide bonds. The van der Waals surface area contributed by atoms with Crippen LogP contribution in [0.15, 0.2) is 24.3 Å². The van der Waals surface area contributed by atoms with E-state index in [2.05, 4.69) is 10.6 Å². The summed E-state index contributed by atoms with van der Waals surface area (Å²) in [6.45, 7) is 2.24. The van der Waals surface area contributed by atoms with E-state index in [4.69, 9.17) is 11.6 Å². The number of rotatable bonds is 6. The fourth-order valence-corrected chi connectivity index (χ4v) is 7.99. The van der Waals surface area contributed by atoms with Crippen LogP contribution in [0.4, 0.5) is 5.69 Å². The van der Waals surface area contributed by atoms with Crippen LogP contribution in [0.3, 0.4) is 0 Å². The van der Waals surface area contributed by atoms with Crippen LogP contribution < -0.4 is 10.6 Å². The zero-order chi connectivity index (χ0) is 21.7. The molecular weight excluding hydrogens is 426 g/mol. The summed E-state index contributed by atoms with van der Waals surface area (Å²) in [5.41, 5.74) is 0.602. The Morgan fingerprint density at radius 3 is 2.60 bits per heavy atom. The number of anilines is 1. The van der Waals surface area contributed by atoms with Crippen molar-refractivity contribution in [1.29, 1.82) is 0 Å². The van der Waals surface area contributed by atoms with Gasteiger partial charge in [0.1, 0.15) is 6.04 Å². The average Bonchev–Trinajstić information content (AvgIpc) is 3.28. The number of halogens is 1. The number of benzene rings is 1. The van der Waals surface area contributed by atoms with E-state index in [9.17, 15) is 19.5 Å². The number of hydrogen-bond donors (Lipinski definition) is 3. The van der Waals surface area contributed by atoms with E-state index in [1.54, 1.807) is 48.0 Å². The van der Waals surface area contributed by atoms with Crippen LogP contribution in [0.25, 0.3) is 0 Å². The third-order valence-electron chi connectivity index (χ3n) is 6.72. The SMILES string of the molecule is CNC(=O)[C@@H]1[C@H]2C(=O)N(CCCO)C(C(=O)Nc3ccc(Cl)cc3)C23CC[C@@]1(C)S3. The predicted octanol–water partition coefficient (Wildman–Crippen LogP) is 1.89. The van der Waals surface area contributed by atoms with Crippen molar-refractivity contribution in [2.24, 2.45) is 11.8 Å². The highest BCUT2D eigenvalue weighted by Crippen LogP contribution is 2.71. The largest absolute Gasteiger partial charge is 0.396 e. The van der Waals surface area contributed by atoms with Crippen LogP contribution in [0.5, 0.6) is 0 Å². The molecule has 0 aromatic heterocycles. The van der Waals surface area contributed by atoms with Crippen LogP contribution >= 0.6 is 23.4 Å². The molecule has 1 aromatic rings. The van der Waals surface area contributed by atoms with Gasteiger partial charge >= 0.3 is 0 Å². The van der Waals surface area contributed by atoms with Gasteiger partial charge in [-0.05, 0) is 50.5 Å². The Hall–Kier alpha value is -1.77. The van der Waals surface area contributed by atoms with E-state index in [0.717, 1.165) is 6.42 Å². The molecule has 3 N–H and O–H groups in total. The lowest BCUT2D eigenvalue weighted by molar-refractivity contribution is -0.140. The summed E-state index contributed by atoms with van der Waals surface area (Å²) in [4.78, 5) is 41.3. The Bertz CT molecular complexity index is 882. The molecule has 0 radical (unpaired) electrons. The van der Waals surface area contributed by atoms with Crippen molar-refractivity contribution in [3.63, 3.8) is 0 Å². The second kappa shape index (κ2) is 7.73. The van der Waals surface area contributed by atoms with E-state index in [0.29, 0.717) is 23.6 Å². The Morgan fingerprint density at radius 2 is 1.97 bits per heavy atom. The molecule has 30 heavy (non-hydrogen) atoms. The molecule has 1 aromatic carbocycles. The highest BCUT2D eigenvalue weighted by Gasteiger charge is 2.76. The van der Waals surface area contributed by atoms with E-state index < -0.39 is 22.6 Å². The minimum absolute atomic E-state index is 0.0727. The van der Waals surface area contributed by atoms with Gasteiger partial charge in [-0.25, -0.2) is 0 Å². The van der Waals surface area contributed by atoms with Crippen molar-refractivity contribution in [1.82, 2.24) is 10.2 Å². The van der Waals surface area contributed by atoms with Gasteiger partial charge in [-0.3, -0.25) is 14.4 Å². The first kappa shape index (κ1) is 21.5. The number of carbonyl (C=O) groups is 3. The zero-order valence-corrected chi connectivity index (χ0v) is 18.6. The summed E-state index contributed by atoms with van der Waals surface area (Å²) >= 11 is 7.57. The fourth-order valence-electron chi connectivity index (χ4n) is 5.51. The van der Waals surface area contributed by atoms with Gasteiger partial charge in [-0.1, -0.05) is 11.6 Å². The van der Waals surface area contributed by atoms with E-state index in [1.807, 2.05) is 6.92 Å². The number of nitrogens with zero attached hydrogens (tertiary/aromatic N) is 1. The number of nitrogens with one attached hydrogen (secondary N) is 2. The lowest BCUT2D eigenvalue weighted by Crippen LogP contribution is -2.52. The van der Waals surface area contributed by atoms with E-state index in [-0.39, 0.29) is 35.6 Å². The number of carbonyl (C=O) groups excluding carboxylic acids is 3. The maximum absolute atomic E-state index is 13.5. The van der Waals surface area contributed by atoms with Crippen molar-refractivity contribution < 1.29 is 19.5 Å². The van der Waals surface area contributed by atoms with Gasteiger partial charge in [0.05, 0.1) is 16.6 Å². The molecule has 162 valence electrons. The topological polar surface area (TPSA) is 98.7 Å². The number of aliphatic hydroxyl groups is 1. The minimum atomic E-state index is -0.696. The van der Waals surface area contributed by atoms with Gasteiger partial charge in [0.25, 0.3) is 0 Å². The molecule has 1 spiro atoms. The Balaban J connectivity index is 1.71. The molecule has 2 unspecified atom stereocenters. The van der Waals surface area contributed by atoms with Crippen molar-refractivity contribution in [3.8, 4) is 0 Å². The van der Waals surface area contributed by atoms with Crippen LogP contribution in [0.1, 0.15) is 26.2 Å². The molecule has 0 saturated carbocycles. The second-order valence-electron chi connectivity index (χ2n) is 8.45.